The summed E-state index contributed by atoms with van der Waals surface area (Å²) >= 11 is 5.63. The minimum atomic E-state index is -0.0255. The molecule has 0 aromatic carbocycles. The van der Waals surface area contributed by atoms with Gasteiger partial charge in [0.05, 0.1) is 13.2 Å². The van der Waals surface area contributed by atoms with E-state index >= 15 is 0 Å². The minimum Gasteiger partial charge on any atom is -0.373 e. The minimum absolute atomic E-state index is 0.0255. The first-order chi connectivity index (χ1) is 9.33. The summed E-state index contributed by atoms with van der Waals surface area (Å²) in [5.41, 5.74) is 1.65. The van der Waals surface area contributed by atoms with Crippen LogP contribution in [0.1, 0.15) is 39.0 Å². The van der Waals surface area contributed by atoms with Gasteiger partial charge in [0.1, 0.15) is 6.10 Å². The van der Waals surface area contributed by atoms with E-state index in [1.54, 1.807) is 5.54 Å². The Morgan fingerprint density at radius 1 is 1.16 bits per heavy atom. The molecule has 0 aromatic rings. The van der Waals surface area contributed by atoms with Crippen LogP contribution in [0.25, 0.3) is 0 Å². The molecule has 4 heteroatoms. The molecule has 0 amide bonds. The van der Waals surface area contributed by atoms with Crippen LogP contribution >= 0.6 is 11.6 Å². The zero-order valence-electron chi connectivity index (χ0n) is 11.7. The Balaban J connectivity index is 1.68. The molecule has 1 aliphatic heterocycles. The predicted octanol–water partition coefficient (Wildman–Crippen LogP) is 3.71. The lowest BCUT2D eigenvalue weighted by molar-refractivity contribution is -0.249. The molecule has 0 bridgehead atoms. The van der Waals surface area contributed by atoms with E-state index in [1.165, 1.54) is 12.8 Å². The molecule has 0 atom stereocenters. The Labute approximate surface area is 121 Å². The molecular weight excluding hydrogens is 264 g/mol. The van der Waals surface area contributed by atoms with E-state index in [0.717, 1.165) is 25.9 Å². The second kappa shape index (κ2) is 8.25. The normalized spacial score (nSPS) is 36.7. The van der Waals surface area contributed by atoms with E-state index in [-0.39, 0.29) is 12.4 Å². The van der Waals surface area contributed by atoms with Crippen molar-refractivity contribution < 1.29 is 14.2 Å². The van der Waals surface area contributed by atoms with E-state index < -0.39 is 0 Å². The summed E-state index contributed by atoms with van der Waals surface area (Å²) in [6.45, 7) is 4.25. The van der Waals surface area contributed by atoms with Crippen LogP contribution in [0.4, 0.5) is 0 Å². The van der Waals surface area contributed by atoms with E-state index in [9.17, 15) is 0 Å². The van der Waals surface area contributed by atoms with Crippen molar-refractivity contribution in [3.8, 4) is 0 Å². The van der Waals surface area contributed by atoms with Gasteiger partial charge in [-0.05, 0) is 38.0 Å². The molecular formula is C15H25ClO3. The summed E-state index contributed by atoms with van der Waals surface area (Å²) in [7, 11) is 0. The van der Waals surface area contributed by atoms with Crippen LogP contribution in [0.3, 0.4) is 0 Å². The first kappa shape index (κ1) is 15.3. The maximum atomic E-state index is 5.83. The second-order valence-electron chi connectivity index (χ2n) is 5.52. The maximum Gasteiger partial charge on any atom is 0.160 e. The molecule has 0 radical (unpaired) electrons. The summed E-state index contributed by atoms with van der Waals surface area (Å²) in [5.74, 6) is 1.17. The van der Waals surface area contributed by atoms with E-state index in [4.69, 9.17) is 25.8 Å². The average molecular weight is 289 g/mol. The Bertz CT molecular complexity index is 267. The molecule has 110 valence electrons. The highest BCUT2D eigenvalue weighted by Crippen LogP contribution is 2.34. The summed E-state index contributed by atoms with van der Waals surface area (Å²) < 4.78 is 17.3. The average Bonchev–Trinajstić information content (AvgIpc) is 2.47. The summed E-state index contributed by atoms with van der Waals surface area (Å²) in [6, 6.07) is 0. The summed E-state index contributed by atoms with van der Waals surface area (Å²) in [6.07, 6.45) is 7.94. The van der Waals surface area contributed by atoms with Crippen molar-refractivity contribution in [1.29, 1.82) is 0 Å². The fourth-order valence-corrected chi connectivity index (χ4v) is 3.07. The molecule has 0 spiro atoms. The molecule has 1 aliphatic carbocycles. The van der Waals surface area contributed by atoms with Crippen LogP contribution in [0, 0.1) is 11.8 Å². The van der Waals surface area contributed by atoms with Crippen molar-refractivity contribution in [2.75, 3.05) is 19.8 Å². The smallest absolute Gasteiger partial charge is 0.160 e. The Morgan fingerprint density at radius 3 is 2.42 bits per heavy atom. The third-order valence-electron chi connectivity index (χ3n) is 4.00. The molecule has 0 N–H and O–H groups in total. The molecule has 3 nitrogen and oxygen atoms in total. The number of hydrogen-bond donors (Lipinski definition) is 0. The molecule has 1 saturated heterocycles. The molecule has 2 rings (SSSR count). The van der Waals surface area contributed by atoms with E-state index in [1.807, 2.05) is 0 Å². The molecule has 1 saturated carbocycles. The fraction of sp³-hybridized carbons (Fsp3) is 0.867. The molecule has 19 heavy (non-hydrogen) atoms. The van der Waals surface area contributed by atoms with E-state index in [2.05, 4.69) is 13.0 Å². The number of allylic oxidation sites excluding steroid dienone is 1. The highest BCUT2D eigenvalue weighted by molar-refractivity contribution is 6.25. The van der Waals surface area contributed by atoms with Gasteiger partial charge in [-0.2, -0.15) is 0 Å². The first-order valence-electron chi connectivity index (χ1n) is 7.45. The first-order valence-corrected chi connectivity index (χ1v) is 7.88. The van der Waals surface area contributed by atoms with Gasteiger partial charge in [-0.1, -0.05) is 24.6 Å². The van der Waals surface area contributed by atoms with E-state index in [0.29, 0.717) is 25.0 Å². The molecule has 2 fully saturated rings. The molecule has 0 unspecified atom stereocenters. The van der Waals surface area contributed by atoms with Crippen LogP contribution in [-0.2, 0) is 14.2 Å². The van der Waals surface area contributed by atoms with Crippen LogP contribution in [0.2, 0.25) is 0 Å². The summed E-state index contributed by atoms with van der Waals surface area (Å²) in [5, 5.41) is 0. The van der Waals surface area contributed by atoms with Gasteiger partial charge in [-0.3, -0.25) is 0 Å². The van der Waals surface area contributed by atoms with Crippen LogP contribution in [0.15, 0.2) is 11.6 Å². The third-order valence-corrected chi connectivity index (χ3v) is 4.14. The Kier molecular flexibility index (Phi) is 6.65. The monoisotopic (exact) mass is 288 g/mol. The van der Waals surface area contributed by atoms with Crippen molar-refractivity contribution in [2.24, 2.45) is 11.8 Å². The number of halogens is 1. The van der Waals surface area contributed by atoms with Gasteiger partial charge < -0.3 is 14.2 Å². The van der Waals surface area contributed by atoms with Crippen molar-refractivity contribution in [2.45, 2.75) is 51.4 Å². The van der Waals surface area contributed by atoms with Crippen molar-refractivity contribution in [1.82, 2.24) is 0 Å². The lowest BCUT2D eigenvalue weighted by Crippen LogP contribution is -2.42. The second-order valence-corrected chi connectivity index (χ2v) is 5.77. The third kappa shape index (κ3) is 4.75. The number of hydrogen-bond acceptors (Lipinski definition) is 3. The van der Waals surface area contributed by atoms with Gasteiger partial charge in [-0.15, -0.1) is 0 Å². The Morgan fingerprint density at radius 2 is 1.84 bits per heavy atom. The lowest BCUT2D eigenvalue weighted by Gasteiger charge is -2.37. The van der Waals surface area contributed by atoms with Gasteiger partial charge in [0.2, 0.25) is 0 Å². The van der Waals surface area contributed by atoms with Gasteiger partial charge in [0.15, 0.2) is 6.29 Å². The standard InChI is InChI=1S/C15H25ClO3/c1-2-9-17-14-10-18-15(19-11-14)13-5-3-12(4-6-13)7-8-16/h7-8,12-15H,2-6,9-11H2,1H3/b8-7+. The topological polar surface area (TPSA) is 27.7 Å². The van der Waals surface area contributed by atoms with Gasteiger partial charge in [0.25, 0.3) is 0 Å². The lowest BCUT2D eigenvalue weighted by atomic mass is 9.81. The number of ether oxygens (including phenoxy) is 3. The summed E-state index contributed by atoms with van der Waals surface area (Å²) in [4.78, 5) is 0. The van der Waals surface area contributed by atoms with Gasteiger partial charge in [-0.25, -0.2) is 0 Å². The van der Waals surface area contributed by atoms with Gasteiger partial charge in [0, 0.05) is 18.1 Å². The maximum absolute atomic E-state index is 5.83. The quantitative estimate of drug-likeness (QED) is 0.772. The SMILES string of the molecule is CCCOC1COC(C2CCC(/C=C/Cl)CC2)OC1. The van der Waals surface area contributed by atoms with Crippen molar-refractivity contribution in [3.63, 3.8) is 0 Å². The fourth-order valence-electron chi connectivity index (χ4n) is 2.87. The van der Waals surface area contributed by atoms with Crippen molar-refractivity contribution in [3.05, 3.63) is 11.6 Å². The highest BCUT2D eigenvalue weighted by atomic mass is 35.5. The van der Waals surface area contributed by atoms with Crippen molar-refractivity contribution >= 4 is 11.6 Å². The molecule has 1 heterocycles. The van der Waals surface area contributed by atoms with Crippen LogP contribution < -0.4 is 0 Å². The van der Waals surface area contributed by atoms with Crippen LogP contribution in [0.5, 0.6) is 0 Å². The zero-order chi connectivity index (χ0) is 13.5. The molecule has 0 aromatic heterocycles. The Hall–Kier alpha value is -0.0900. The molecule has 2 aliphatic rings. The predicted molar refractivity (Wildman–Crippen MR) is 76.2 cm³/mol. The number of rotatable bonds is 5. The highest BCUT2D eigenvalue weighted by Gasteiger charge is 2.32. The van der Waals surface area contributed by atoms with Gasteiger partial charge >= 0.3 is 0 Å². The zero-order valence-corrected chi connectivity index (χ0v) is 12.5. The van der Waals surface area contributed by atoms with Crippen LogP contribution in [-0.4, -0.2) is 32.2 Å². The largest absolute Gasteiger partial charge is 0.373 e.